The van der Waals surface area contributed by atoms with Crippen molar-refractivity contribution < 1.29 is 14.9 Å². The topological polar surface area (TPSA) is 49.7 Å². The van der Waals surface area contributed by atoms with Crippen molar-refractivity contribution >= 4 is 11.6 Å². The van der Waals surface area contributed by atoms with Gasteiger partial charge in [-0.3, -0.25) is 0 Å². The molecule has 8 heavy (non-hydrogen) atoms. The van der Waals surface area contributed by atoms with Crippen molar-refractivity contribution in [3.63, 3.8) is 0 Å². The molecule has 0 saturated carbocycles. The third-order valence-electron chi connectivity index (χ3n) is 0.573. The fourth-order valence-electron chi connectivity index (χ4n) is 0.250. The Balaban J connectivity index is 3.17. The van der Waals surface area contributed by atoms with Gasteiger partial charge in [0.25, 0.3) is 0 Å². The molecule has 0 spiro atoms. The molecule has 0 aromatic heterocycles. The van der Waals surface area contributed by atoms with Crippen molar-refractivity contribution in [1.29, 1.82) is 0 Å². The first-order valence-electron chi connectivity index (χ1n) is 2.30. The Kier molecular flexibility index (Phi) is 4.18. The van der Waals surface area contributed by atoms with E-state index in [9.17, 15) is 0 Å². The third kappa shape index (κ3) is 3.21. The smallest absolute Gasteiger partial charge is 0.195 e. The van der Waals surface area contributed by atoms with Crippen LogP contribution in [0.2, 0.25) is 0 Å². The minimum atomic E-state index is -1.32. The Morgan fingerprint density at radius 3 is 2.25 bits per heavy atom. The molecule has 0 rings (SSSR count). The molecule has 50 valence electrons. The van der Waals surface area contributed by atoms with Gasteiger partial charge in [-0.15, -0.1) is 0 Å². The Labute approximate surface area is 52.8 Å². The van der Waals surface area contributed by atoms with Crippen LogP contribution in [0.5, 0.6) is 0 Å². The predicted octanol–water partition coefficient (Wildman–Crippen LogP) is -0.102. The SMILES string of the molecule is CCO[C@H](O)[C@@H](O)Cl. The Hall–Kier alpha value is 0.170. The maximum atomic E-state index is 8.52. The van der Waals surface area contributed by atoms with E-state index >= 15 is 0 Å². The molecule has 0 saturated heterocycles. The minimum absolute atomic E-state index is 0.338. The first kappa shape index (κ1) is 8.17. The third-order valence-corrected chi connectivity index (χ3v) is 0.788. The molecule has 0 amide bonds. The number of aliphatic hydroxyl groups is 2. The highest BCUT2D eigenvalue weighted by Crippen LogP contribution is 1.98. The number of hydrogen-bond donors (Lipinski definition) is 2. The van der Waals surface area contributed by atoms with Crippen molar-refractivity contribution in [3.8, 4) is 0 Å². The molecule has 0 radical (unpaired) electrons. The maximum absolute atomic E-state index is 8.52. The van der Waals surface area contributed by atoms with E-state index in [1.807, 2.05) is 0 Å². The van der Waals surface area contributed by atoms with Crippen molar-refractivity contribution in [1.82, 2.24) is 0 Å². The number of halogens is 1. The molecule has 0 unspecified atom stereocenters. The van der Waals surface area contributed by atoms with Crippen molar-refractivity contribution in [2.24, 2.45) is 0 Å². The van der Waals surface area contributed by atoms with Gasteiger partial charge in [-0.2, -0.15) is 0 Å². The second kappa shape index (κ2) is 4.09. The quantitative estimate of drug-likeness (QED) is 0.425. The van der Waals surface area contributed by atoms with Crippen LogP contribution in [0.25, 0.3) is 0 Å². The normalized spacial score (nSPS) is 18.0. The molecule has 0 fully saturated rings. The summed E-state index contributed by atoms with van der Waals surface area (Å²) in [5.74, 6) is 0. The first-order valence-corrected chi connectivity index (χ1v) is 2.74. The van der Waals surface area contributed by atoms with E-state index in [4.69, 9.17) is 21.8 Å². The lowest BCUT2D eigenvalue weighted by atomic mass is 10.7. The number of aliphatic hydroxyl groups excluding tert-OH is 2. The second-order valence-corrected chi connectivity index (χ2v) is 1.67. The Bertz CT molecular complexity index is 57.2. The van der Waals surface area contributed by atoms with Gasteiger partial charge in [-0.05, 0) is 6.92 Å². The van der Waals surface area contributed by atoms with Gasteiger partial charge < -0.3 is 14.9 Å². The molecule has 3 nitrogen and oxygen atoms in total. The zero-order valence-corrected chi connectivity index (χ0v) is 5.30. The summed E-state index contributed by atoms with van der Waals surface area (Å²) in [7, 11) is 0. The lowest BCUT2D eigenvalue weighted by molar-refractivity contribution is -0.134. The number of alkyl halides is 1. The van der Waals surface area contributed by atoms with Gasteiger partial charge in [0, 0.05) is 6.61 Å². The van der Waals surface area contributed by atoms with Crippen molar-refractivity contribution in [2.75, 3.05) is 6.61 Å². The van der Waals surface area contributed by atoms with Gasteiger partial charge in [0.2, 0.25) is 0 Å². The molecule has 0 aromatic carbocycles. The Morgan fingerprint density at radius 1 is 1.62 bits per heavy atom. The molecule has 0 aliphatic rings. The molecule has 2 atom stereocenters. The van der Waals surface area contributed by atoms with Gasteiger partial charge in [-0.25, -0.2) is 0 Å². The van der Waals surface area contributed by atoms with Crippen molar-refractivity contribution in [3.05, 3.63) is 0 Å². The predicted molar refractivity (Wildman–Crippen MR) is 29.5 cm³/mol. The van der Waals surface area contributed by atoms with E-state index in [2.05, 4.69) is 4.74 Å². The van der Waals surface area contributed by atoms with Crippen LogP contribution in [0, 0.1) is 0 Å². The van der Waals surface area contributed by atoms with E-state index in [1.54, 1.807) is 6.92 Å². The molecule has 2 N–H and O–H groups in total. The van der Waals surface area contributed by atoms with Crippen LogP contribution in [0.4, 0.5) is 0 Å². The zero-order chi connectivity index (χ0) is 6.57. The molecular formula is C4H9ClO3. The molecule has 0 heterocycles. The molecule has 0 bridgehead atoms. The fourth-order valence-corrected chi connectivity index (χ4v) is 0.323. The number of rotatable bonds is 3. The molecule has 4 heteroatoms. The van der Waals surface area contributed by atoms with Crippen LogP contribution < -0.4 is 0 Å². The van der Waals surface area contributed by atoms with E-state index in [0.717, 1.165) is 0 Å². The largest absolute Gasteiger partial charge is 0.373 e. The van der Waals surface area contributed by atoms with E-state index in [1.165, 1.54) is 0 Å². The summed E-state index contributed by atoms with van der Waals surface area (Å²) in [6.45, 7) is 2.04. The molecule has 0 aliphatic carbocycles. The van der Waals surface area contributed by atoms with Crippen LogP contribution in [0.15, 0.2) is 0 Å². The highest BCUT2D eigenvalue weighted by Gasteiger charge is 2.10. The summed E-state index contributed by atoms with van der Waals surface area (Å²) >= 11 is 4.99. The van der Waals surface area contributed by atoms with Crippen LogP contribution >= 0.6 is 11.6 Å². The molecular weight excluding hydrogens is 131 g/mol. The number of hydrogen-bond acceptors (Lipinski definition) is 3. The van der Waals surface area contributed by atoms with Crippen LogP contribution in [0.1, 0.15) is 6.92 Å². The summed E-state index contributed by atoms with van der Waals surface area (Å²) < 4.78 is 4.48. The summed E-state index contributed by atoms with van der Waals surface area (Å²) in [6.07, 6.45) is -1.26. The van der Waals surface area contributed by atoms with E-state index < -0.39 is 11.9 Å². The van der Waals surface area contributed by atoms with Gasteiger partial charge in [0.05, 0.1) is 0 Å². The van der Waals surface area contributed by atoms with Gasteiger partial charge >= 0.3 is 0 Å². The summed E-state index contributed by atoms with van der Waals surface area (Å²) in [5.41, 5.74) is -1.32. The summed E-state index contributed by atoms with van der Waals surface area (Å²) in [4.78, 5) is 0. The van der Waals surface area contributed by atoms with E-state index in [0.29, 0.717) is 6.61 Å². The standard InChI is InChI=1S/C4H9ClO3/c1-2-8-4(7)3(5)6/h3-4,6-7H,2H2,1H3/t3-,4+/m1/s1. The lowest BCUT2D eigenvalue weighted by Gasteiger charge is -2.09. The molecule has 0 aromatic rings. The fraction of sp³-hybridized carbons (Fsp3) is 1.00. The second-order valence-electron chi connectivity index (χ2n) is 1.22. The van der Waals surface area contributed by atoms with Gasteiger partial charge in [0.15, 0.2) is 11.9 Å². The van der Waals surface area contributed by atoms with Crippen LogP contribution in [0.3, 0.4) is 0 Å². The lowest BCUT2D eigenvalue weighted by Crippen LogP contribution is -2.23. The first-order chi connectivity index (χ1) is 3.68. The monoisotopic (exact) mass is 140 g/mol. The zero-order valence-electron chi connectivity index (χ0n) is 4.54. The average Bonchev–Trinajstić information content (AvgIpc) is 1.67. The van der Waals surface area contributed by atoms with Crippen LogP contribution in [-0.2, 0) is 4.74 Å². The highest BCUT2D eigenvalue weighted by atomic mass is 35.5. The molecule has 0 aliphatic heterocycles. The van der Waals surface area contributed by atoms with E-state index in [-0.39, 0.29) is 0 Å². The highest BCUT2D eigenvalue weighted by molar-refractivity contribution is 6.19. The summed E-state index contributed by atoms with van der Waals surface area (Å²) in [5, 5.41) is 16.9. The average molecular weight is 141 g/mol. The Morgan fingerprint density at radius 2 is 2.12 bits per heavy atom. The number of ether oxygens (including phenoxy) is 1. The van der Waals surface area contributed by atoms with Gasteiger partial charge in [0.1, 0.15) is 0 Å². The maximum Gasteiger partial charge on any atom is 0.195 e. The van der Waals surface area contributed by atoms with Crippen LogP contribution in [-0.4, -0.2) is 28.7 Å². The summed E-state index contributed by atoms with van der Waals surface area (Å²) in [6, 6.07) is 0. The minimum Gasteiger partial charge on any atom is -0.373 e. The van der Waals surface area contributed by atoms with Gasteiger partial charge in [-0.1, -0.05) is 11.6 Å². The van der Waals surface area contributed by atoms with Crippen molar-refractivity contribution in [2.45, 2.75) is 18.8 Å².